The van der Waals surface area contributed by atoms with Gasteiger partial charge in [0, 0.05) is 18.1 Å². The van der Waals surface area contributed by atoms with Crippen LogP contribution in [0.3, 0.4) is 0 Å². The van der Waals surface area contributed by atoms with Crippen molar-refractivity contribution in [2.24, 2.45) is 0 Å². The number of allylic oxidation sites excluding steroid dienone is 1. The van der Waals surface area contributed by atoms with Gasteiger partial charge in [0.15, 0.2) is 0 Å². The zero-order valence-corrected chi connectivity index (χ0v) is 8.13. The lowest BCUT2D eigenvalue weighted by molar-refractivity contribution is 0.619. The standard InChI is InChI=1S/C12H12FN/c1-3-5-14-6-4-10-7-9(2)11(13)8-12(10)14/h3-4,6-8H,1,5H2,2H3. The van der Waals surface area contributed by atoms with E-state index < -0.39 is 0 Å². The van der Waals surface area contributed by atoms with Crippen LogP contribution in [0.4, 0.5) is 4.39 Å². The number of nitrogens with zero attached hydrogens (tertiary/aromatic N) is 1. The molecule has 0 atom stereocenters. The molecule has 0 aliphatic heterocycles. The van der Waals surface area contributed by atoms with E-state index in [2.05, 4.69) is 6.58 Å². The topological polar surface area (TPSA) is 4.93 Å². The smallest absolute Gasteiger partial charge is 0.128 e. The van der Waals surface area contributed by atoms with Crippen molar-refractivity contribution in [3.8, 4) is 0 Å². The zero-order valence-electron chi connectivity index (χ0n) is 8.13. The van der Waals surface area contributed by atoms with Crippen LogP contribution in [0.5, 0.6) is 0 Å². The first kappa shape index (κ1) is 9.00. The van der Waals surface area contributed by atoms with Crippen molar-refractivity contribution < 1.29 is 4.39 Å². The van der Waals surface area contributed by atoms with Gasteiger partial charge in [-0.05, 0) is 30.7 Å². The van der Waals surface area contributed by atoms with Gasteiger partial charge in [0.25, 0.3) is 0 Å². The number of rotatable bonds is 2. The van der Waals surface area contributed by atoms with Crippen LogP contribution in [0.15, 0.2) is 37.1 Å². The van der Waals surface area contributed by atoms with Crippen LogP contribution in [0.25, 0.3) is 10.9 Å². The summed E-state index contributed by atoms with van der Waals surface area (Å²) >= 11 is 0. The number of aryl methyl sites for hydroxylation is 1. The molecule has 1 aromatic carbocycles. The summed E-state index contributed by atoms with van der Waals surface area (Å²) < 4.78 is 15.3. The van der Waals surface area contributed by atoms with E-state index in [-0.39, 0.29) is 5.82 Å². The van der Waals surface area contributed by atoms with Gasteiger partial charge in [-0.1, -0.05) is 6.08 Å². The highest BCUT2D eigenvalue weighted by Gasteiger charge is 2.03. The number of halogens is 1. The summed E-state index contributed by atoms with van der Waals surface area (Å²) in [5.74, 6) is -0.151. The van der Waals surface area contributed by atoms with Gasteiger partial charge in [0.2, 0.25) is 0 Å². The van der Waals surface area contributed by atoms with Gasteiger partial charge in [-0.25, -0.2) is 4.39 Å². The van der Waals surface area contributed by atoms with Crippen molar-refractivity contribution in [1.82, 2.24) is 4.57 Å². The van der Waals surface area contributed by atoms with E-state index in [9.17, 15) is 4.39 Å². The molecule has 0 saturated heterocycles. The Morgan fingerprint density at radius 2 is 2.29 bits per heavy atom. The third kappa shape index (κ3) is 1.33. The van der Waals surface area contributed by atoms with E-state index in [4.69, 9.17) is 0 Å². The summed E-state index contributed by atoms with van der Waals surface area (Å²) in [6.45, 7) is 6.16. The van der Waals surface area contributed by atoms with Crippen LogP contribution in [0, 0.1) is 12.7 Å². The molecule has 1 aromatic heterocycles. The Labute approximate surface area is 82.5 Å². The fourth-order valence-electron chi connectivity index (χ4n) is 1.62. The Kier molecular flexibility index (Phi) is 2.12. The maximum atomic E-state index is 13.3. The molecule has 1 heterocycles. The van der Waals surface area contributed by atoms with E-state index in [1.807, 2.05) is 22.9 Å². The first-order chi connectivity index (χ1) is 6.72. The molecule has 0 N–H and O–H groups in total. The minimum Gasteiger partial charge on any atom is -0.344 e. The van der Waals surface area contributed by atoms with Crippen LogP contribution < -0.4 is 0 Å². The fourth-order valence-corrected chi connectivity index (χ4v) is 1.62. The average molecular weight is 189 g/mol. The summed E-state index contributed by atoms with van der Waals surface area (Å²) in [7, 11) is 0. The Balaban J connectivity index is 2.67. The monoisotopic (exact) mass is 189 g/mol. The van der Waals surface area contributed by atoms with E-state index in [0.29, 0.717) is 12.1 Å². The van der Waals surface area contributed by atoms with Crippen molar-refractivity contribution in [2.45, 2.75) is 13.5 Å². The lowest BCUT2D eigenvalue weighted by atomic mass is 10.2. The quantitative estimate of drug-likeness (QED) is 0.639. The van der Waals surface area contributed by atoms with E-state index >= 15 is 0 Å². The highest BCUT2D eigenvalue weighted by atomic mass is 19.1. The predicted molar refractivity (Wildman–Crippen MR) is 56.8 cm³/mol. The van der Waals surface area contributed by atoms with Crippen LogP contribution in [0.1, 0.15) is 5.56 Å². The summed E-state index contributed by atoms with van der Waals surface area (Å²) in [5.41, 5.74) is 1.61. The normalized spacial score (nSPS) is 10.7. The molecule has 0 bridgehead atoms. The molecule has 0 aliphatic carbocycles. The Morgan fingerprint density at radius 1 is 1.50 bits per heavy atom. The average Bonchev–Trinajstić information content (AvgIpc) is 2.51. The lowest BCUT2D eigenvalue weighted by Gasteiger charge is -2.02. The number of hydrogen-bond acceptors (Lipinski definition) is 0. The summed E-state index contributed by atoms with van der Waals surface area (Å²) in [6.07, 6.45) is 3.75. The van der Waals surface area contributed by atoms with Gasteiger partial charge in [0.05, 0.1) is 5.52 Å². The predicted octanol–water partition coefficient (Wildman–Crippen LogP) is 3.27. The molecular formula is C12H12FN. The third-order valence-corrected chi connectivity index (χ3v) is 2.38. The maximum Gasteiger partial charge on any atom is 0.128 e. The molecule has 0 saturated carbocycles. The van der Waals surface area contributed by atoms with Gasteiger partial charge < -0.3 is 4.57 Å². The lowest BCUT2D eigenvalue weighted by Crippen LogP contribution is -1.92. The van der Waals surface area contributed by atoms with E-state index in [0.717, 1.165) is 10.9 Å². The van der Waals surface area contributed by atoms with Crippen LogP contribution >= 0.6 is 0 Å². The summed E-state index contributed by atoms with van der Waals surface area (Å²) in [5, 5.41) is 1.07. The molecule has 2 heteroatoms. The fraction of sp³-hybridized carbons (Fsp3) is 0.167. The Hall–Kier alpha value is -1.57. The van der Waals surface area contributed by atoms with Crippen molar-refractivity contribution in [2.75, 3.05) is 0 Å². The Morgan fingerprint density at radius 3 is 3.00 bits per heavy atom. The van der Waals surface area contributed by atoms with Crippen molar-refractivity contribution in [1.29, 1.82) is 0 Å². The van der Waals surface area contributed by atoms with Gasteiger partial charge in [-0.2, -0.15) is 0 Å². The van der Waals surface area contributed by atoms with Gasteiger partial charge in [-0.3, -0.25) is 0 Å². The minimum atomic E-state index is -0.151. The summed E-state index contributed by atoms with van der Waals surface area (Å²) in [6, 6.07) is 5.43. The van der Waals surface area contributed by atoms with E-state index in [1.165, 1.54) is 0 Å². The highest BCUT2D eigenvalue weighted by molar-refractivity contribution is 5.81. The SMILES string of the molecule is C=CCn1ccc2cc(C)c(F)cc21. The molecule has 0 radical (unpaired) electrons. The molecule has 72 valence electrons. The molecular weight excluding hydrogens is 177 g/mol. The number of fused-ring (bicyclic) bond motifs is 1. The number of hydrogen-bond donors (Lipinski definition) is 0. The molecule has 14 heavy (non-hydrogen) atoms. The van der Waals surface area contributed by atoms with Crippen LogP contribution in [0.2, 0.25) is 0 Å². The van der Waals surface area contributed by atoms with Crippen molar-refractivity contribution in [3.05, 3.63) is 48.4 Å². The zero-order chi connectivity index (χ0) is 10.1. The first-order valence-corrected chi connectivity index (χ1v) is 4.58. The number of aromatic nitrogens is 1. The minimum absolute atomic E-state index is 0.151. The van der Waals surface area contributed by atoms with E-state index in [1.54, 1.807) is 19.1 Å². The van der Waals surface area contributed by atoms with Crippen LogP contribution in [-0.2, 0) is 6.54 Å². The molecule has 0 unspecified atom stereocenters. The molecule has 0 spiro atoms. The number of benzene rings is 1. The molecule has 2 aromatic rings. The first-order valence-electron chi connectivity index (χ1n) is 4.58. The van der Waals surface area contributed by atoms with Gasteiger partial charge in [0.1, 0.15) is 5.82 Å². The van der Waals surface area contributed by atoms with Crippen molar-refractivity contribution >= 4 is 10.9 Å². The maximum absolute atomic E-state index is 13.3. The van der Waals surface area contributed by atoms with Crippen LogP contribution in [-0.4, -0.2) is 4.57 Å². The second kappa shape index (κ2) is 3.29. The van der Waals surface area contributed by atoms with Gasteiger partial charge >= 0.3 is 0 Å². The molecule has 0 fully saturated rings. The Bertz CT molecular complexity index is 482. The van der Waals surface area contributed by atoms with Gasteiger partial charge in [-0.15, -0.1) is 6.58 Å². The molecule has 2 rings (SSSR count). The third-order valence-electron chi connectivity index (χ3n) is 2.38. The second-order valence-corrected chi connectivity index (χ2v) is 3.42. The van der Waals surface area contributed by atoms with Crippen molar-refractivity contribution in [3.63, 3.8) is 0 Å². The molecule has 0 amide bonds. The highest BCUT2D eigenvalue weighted by Crippen LogP contribution is 2.20. The second-order valence-electron chi connectivity index (χ2n) is 3.42. The summed E-state index contributed by atoms with van der Waals surface area (Å²) in [4.78, 5) is 0. The largest absolute Gasteiger partial charge is 0.344 e. The molecule has 1 nitrogen and oxygen atoms in total. The molecule has 0 aliphatic rings.